The van der Waals surface area contributed by atoms with Crippen LogP contribution in [0.25, 0.3) is 10.2 Å². The highest BCUT2D eigenvalue weighted by Crippen LogP contribution is 2.31. The van der Waals surface area contributed by atoms with Crippen molar-refractivity contribution in [2.45, 2.75) is 32.6 Å². The van der Waals surface area contributed by atoms with Gasteiger partial charge < -0.3 is 4.90 Å². The van der Waals surface area contributed by atoms with Gasteiger partial charge in [-0.1, -0.05) is 24.9 Å². The molecule has 0 radical (unpaired) electrons. The van der Waals surface area contributed by atoms with Crippen LogP contribution in [0.2, 0.25) is 5.15 Å². The van der Waals surface area contributed by atoms with Crippen molar-refractivity contribution in [1.82, 2.24) is 9.97 Å². The van der Waals surface area contributed by atoms with Gasteiger partial charge in [0, 0.05) is 23.4 Å². The van der Waals surface area contributed by atoms with Crippen molar-refractivity contribution in [2.24, 2.45) is 0 Å². The fourth-order valence-corrected chi connectivity index (χ4v) is 3.75. The van der Waals surface area contributed by atoms with Gasteiger partial charge in [-0.05, 0) is 25.3 Å². The van der Waals surface area contributed by atoms with Crippen molar-refractivity contribution in [3.8, 4) is 0 Å². The Hall–Kier alpha value is -0.870. The van der Waals surface area contributed by atoms with Crippen LogP contribution in [0.5, 0.6) is 0 Å². The lowest BCUT2D eigenvalue weighted by Crippen LogP contribution is -2.20. The minimum atomic E-state index is 0.598. The van der Waals surface area contributed by atoms with Crippen LogP contribution in [0.15, 0.2) is 6.07 Å². The lowest BCUT2D eigenvalue weighted by atomic mass is 10.3. The molecule has 3 rings (SSSR count). The van der Waals surface area contributed by atoms with Crippen molar-refractivity contribution in [2.75, 3.05) is 18.0 Å². The molecule has 3 nitrogen and oxygen atoms in total. The molecule has 3 heterocycles. The summed E-state index contributed by atoms with van der Waals surface area (Å²) in [6.07, 6.45) is 4.70. The standard InChI is InChI=1S/C13H16ClN3S/c1-2-5-9-8-10-11(14)15-13(16-12(10)18-9)17-6-3-4-7-17/h8H,2-7H2,1H3. The highest BCUT2D eigenvalue weighted by molar-refractivity contribution is 7.18. The van der Waals surface area contributed by atoms with Gasteiger partial charge in [0.15, 0.2) is 0 Å². The number of aromatic nitrogens is 2. The summed E-state index contributed by atoms with van der Waals surface area (Å²) in [7, 11) is 0. The Morgan fingerprint density at radius 2 is 2.11 bits per heavy atom. The molecule has 0 amide bonds. The normalized spacial score (nSPS) is 15.8. The summed E-state index contributed by atoms with van der Waals surface area (Å²) in [4.78, 5) is 13.7. The van der Waals surface area contributed by atoms with E-state index in [1.807, 2.05) is 0 Å². The predicted molar refractivity (Wildman–Crippen MR) is 77.9 cm³/mol. The minimum absolute atomic E-state index is 0.598. The Bertz CT molecular complexity index is 561. The Morgan fingerprint density at radius 1 is 1.33 bits per heavy atom. The maximum Gasteiger partial charge on any atom is 0.228 e. The molecule has 1 fully saturated rings. The first-order valence-corrected chi connectivity index (χ1v) is 7.68. The number of halogens is 1. The van der Waals surface area contributed by atoms with Crippen LogP contribution in [-0.4, -0.2) is 23.1 Å². The second-order valence-corrected chi connectivity index (χ2v) is 6.16. The Balaban J connectivity index is 2.02. The third-order valence-electron chi connectivity index (χ3n) is 3.27. The molecule has 5 heteroatoms. The molecule has 2 aromatic rings. The summed E-state index contributed by atoms with van der Waals surface area (Å²) in [6, 6.07) is 2.14. The fourth-order valence-electron chi connectivity index (χ4n) is 2.35. The first-order valence-electron chi connectivity index (χ1n) is 6.49. The molecule has 1 aliphatic rings. The Labute approximate surface area is 116 Å². The predicted octanol–water partition coefficient (Wildman–Crippen LogP) is 3.90. The number of aryl methyl sites for hydroxylation is 1. The van der Waals surface area contributed by atoms with Gasteiger partial charge in [-0.2, -0.15) is 0 Å². The average Bonchev–Trinajstić information content (AvgIpc) is 2.97. The van der Waals surface area contributed by atoms with Crippen molar-refractivity contribution >= 4 is 39.1 Å². The summed E-state index contributed by atoms with van der Waals surface area (Å²) < 4.78 is 0. The highest BCUT2D eigenvalue weighted by Gasteiger charge is 2.17. The number of hydrogen-bond donors (Lipinski definition) is 0. The molecule has 0 saturated carbocycles. The SMILES string of the molecule is CCCc1cc2c(Cl)nc(N3CCCC3)nc2s1. The monoisotopic (exact) mass is 281 g/mol. The van der Waals surface area contributed by atoms with Gasteiger partial charge in [0.25, 0.3) is 0 Å². The molecule has 0 bridgehead atoms. The molecule has 96 valence electrons. The third-order valence-corrected chi connectivity index (χ3v) is 4.65. The van der Waals surface area contributed by atoms with E-state index in [9.17, 15) is 0 Å². The topological polar surface area (TPSA) is 29.0 Å². The van der Waals surface area contributed by atoms with Crippen molar-refractivity contribution in [3.05, 3.63) is 16.1 Å². The van der Waals surface area contributed by atoms with E-state index in [0.717, 1.165) is 42.1 Å². The summed E-state index contributed by atoms with van der Waals surface area (Å²) in [5.74, 6) is 0.801. The van der Waals surface area contributed by atoms with E-state index >= 15 is 0 Å². The van der Waals surface area contributed by atoms with E-state index < -0.39 is 0 Å². The number of fused-ring (bicyclic) bond motifs is 1. The highest BCUT2D eigenvalue weighted by atomic mass is 35.5. The molecule has 1 saturated heterocycles. The molecule has 0 unspecified atom stereocenters. The minimum Gasteiger partial charge on any atom is -0.341 e. The number of anilines is 1. The first-order chi connectivity index (χ1) is 8.78. The van der Waals surface area contributed by atoms with Crippen molar-refractivity contribution in [1.29, 1.82) is 0 Å². The Kier molecular flexibility index (Phi) is 3.39. The molecule has 1 aliphatic heterocycles. The van der Waals surface area contributed by atoms with E-state index in [1.54, 1.807) is 11.3 Å². The molecule has 0 atom stereocenters. The second kappa shape index (κ2) is 5.02. The van der Waals surface area contributed by atoms with Crippen LogP contribution >= 0.6 is 22.9 Å². The van der Waals surface area contributed by atoms with E-state index in [1.165, 1.54) is 17.7 Å². The quantitative estimate of drug-likeness (QED) is 0.799. The van der Waals surface area contributed by atoms with E-state index in [2.05, 4.69) is 27.9 Å². The van der Waals surface area contributed by atoms with Crippen LogP contribution in [0.3, 0.4) is 0 Å². The van der Waals surface area contributed by atoms with Gasteiger partial charge >= 0.3 is 0 Å². The molecule has 2 aromatic heterocycles. The van der Waals surface area contributed by atoms with Crippen LogP contribution in [0, 0.1) is 0 Å². The summed E-state index contributed by atoms with van der Waals surface area (Å²) in [5, 5.41) is 1.61. The van der Waals surface area contributed by atoms with Crippen LogP contribution in [0.4, 0.5) is 5.95 Å². The number of rotatable bonds is 3. The Morgan fingerprint density at radius 3 is 2.83 bits per heavy atom. The lowest BCUT2D eigenvalue weighted by Gasteiger charge is -2.14. The maximum absolute atomic E-state index is 6.28. The molecule has 0 spiro atoms. The second-order valence-electron chi connectivity index (χ2n) is 4.69. The third kappa shape index (κ3) is 2.19. The smallest absolute Gasteiger partial charge is 0.228 e. The van der Waals surface area contributed by atoms with Gasteiger partial charge in [-0.3, -0.25) is 0 Å². The van der Waals surface area contributed by atoms with Crippen LogP contribution in [-0.2, 0) is 6.42 Å². The van der Waals surface area contributed by atoms with E-state index in [-0.39, 0.29) is 0 Å². The maximum atomic E-state index is 6.28. The molecular weight excluding hydrogens is 266 g/mol. The number of thiophene rings is 1. The van der Waals surface area contributed by atoms with E-state index in [0.29, 0.717) is 5.15 Å². The van der Waals surface area contributed by atoms with Gasteiger partial charge in [-0.25, -0.2) is 9.97 Å². The summed E-state index contributed by atoms with van der Waals surface area (Å²) in [5.41, 5.74) is 0. The van der Waals surface area contributed by atoms with Gasteiger partial charge in [-0.15, -0.1) is 11.3 Å². The molecule has 0 N–H and O–H groups in total. The van der Waals surface area contributed by atoms with Crippen LogP contribution in [0.1, 0.15) is 31.1 Å². The molecule has 18 heavy (non-hydrogen) atoms. The fraction of sp³-hybridized carbons (Fsp3) is 0.538. The van der Waals surface area contributed by atoms with E-state index in [4.69, 9.17) is 11.6 Å². The summed E-state index contributed by atoms with van der Waals surface area (Å²) >= 11 is 8.03. The van der Waals surface area contributed by atoms with Crippen LogP contribution < -0.4 is 4.90 Å². The largest absolute Gasteiger partial charge is 0.341 e. The zero-order valence-electron chi connectivity index (χ0n) is 10.4. The lowest BCUT2D eigenvalue weighted by molar-refractivity contribution is 0.909. The van der Waals surface area contributed by atoms with Gasteiger partial charge in [0.2, 0.25) is 5.95 Å². The zero-order valence-corrected chi connectivity index (χ0v) is 12.0. The summed E-state index contributed by atoms with van der Waals surface area (Å²) in [6.45, 7) is 4.29. The van der Waals surface area contributed by atoms with Gasteiger partial charge in [0.05, 0.1) is 0 Å². The van der Waals surface area contributed by atoms with Crippen molar-refractivity contribution in [3.63, 3.8) is 0 Å². The number of nitrogens with zero attached hydrogens (tertiary/aromatic N) is 3. The molecule has 0 aliphatic carbocycles. The van der Waals surface area contributed by atoms with Gasteiger partial charge in [0.1, 0.15) is 9.98 Å². The average molecular weight is 282 g/mol. The zero-order chi connectivity index (χ0) is 12.5. The molecular formula is C13H16ClN3S. The number of hydrogen-bond acceptors (Lipinski definition) is 4. The molecule has 0 aromatic carbocycles. The van der Waals surface area contributed by atoms with Crippen molar-refractivity contribution < 1.29 is 0 Å². The first kappa shape index (κ1) is 12.2.